The number of carbonyl (C=O) groups excluding carboxylic acids is 1. The van der Waals surface area contributed by atoms with Gasteiger partial charge in [-0.05, 0) is 56.2 Å². The summed E-state index contributed by atoms with van der Waals surface area (Å²) in [6.07, 6.45) is 0. The summed E-state index contributed by atoms with van der Waals surface area (Å²) in [6.45, 7) is 7.52. The van der Waals surface area contributed by atoms with Gasteiger partial charge in [-0.25, -0.2) is 4.98 Å². The van der Waals surface area contributed by atoms with Crippen LogP contribution in [0.2, 0.25) is 0 Å². The molecule has 0 aliphatic heterocycles. The van der Waals surface area contributed by atoms with Gasteiger partial charge in [-0.1, -0.05) is 0 Å². The first-order valence-electron chi connectivity index (χ1n) is 7.16. The molecule has 0 aliphatic carbocycles. The zero-order valence-corrected chi connectivity index (χ0v) is 13.1. The Labute approximate surface area is 128 Å². The number of hydrogen-bond acceptors (Lipinski definition) is 3. The minimum absolute atomic E-state index is 0.0759. The van der Waals surface area contributed by atoms with Crippen molar-refractivity contribution in [1.82, 2.24) is 15.2 Å². The summed E-state index contributed by atoms with van der Waals surface area (Å²) in [4.78, 5) is 16.0. The SMILES string of the molecule is CC(=O)Nc1cc(C)c2nc(-c3cc(C)[nH]n3)cc(C)c2c1. The number of rotatable bonds is 2. The summed E-state index contributed by atoms with van der Waals surface area (Å²) >= 11 is 0. The van der Waals surface area contributed by atoms with Crippen LogP contribution in [0.4, 0.5) is 5.69 Å². The first kappa shape index (κ1) is 14.3. The minimum Gasteiger partial charge on any atom is -0.326 e. The molecule has 0 radical (unpaired) electrons. The quantitative estimate of drug-likeness (QED) is 0.759. The van der Waals surface area contributed by atoms with E-state index in [9.17, 15) is 4.79 Å². The summed E-state index contributed by atoms with van der Waals surface area (Å²) in [5.74, 6) is -0.0759. The molecule has 0 bridgehead atoms. The van der Waals surface area contributed by atoms with Crippen molar-refractivity contribution < 1.29 is 4.79 Å². The number of carbonyl (C=O) groups is 1. The second-order valence-electron chi connectivity index (χ2n) is 5.63. The molecule has 0 atom stereocenters. The van der Waals surface area contributed by atoms with Crippen molar-refractivity contribution in [3.63, 3.8) is 0 Å². The van der Waals surface area contributed by atoms with Crippen LogP contribution in [-0.2, 0) is 4.79 Å². The lowest BCUT2D eigenvalue weighted by Gasteiger charge is -2.10. The number of aromatic amines is 1. The molecule has 22 heavy (non-hydrogen) atoms. The molecule has 2 N–H and O–H groups in total. The topological polar surface area (TPSA) is 70.7 Å². The molecule has 0 saturated carbocycles. The fourth-order valence-corrected chi connectivity index (χ4v) is 2.62. The molecule has 0 aliphatic rings. The zero-order valence-electron chi connectivity index (χ0n) is 13.1. The van der Waals surface area contributed by atoms with E-state index < -0.39 is 0 Å². The van der Waals surface area contributed by atoms with Gasteiger partial charge in [-0.2, -0.15) is 5.10 Å². The number of anilines is 1. The van der Waals surface area contributed by atoms with Gasteiger partial charge in [-0.15, -0.1) is 0 Å². The lowest BCUT2D eigenvalue weighted by Crippen LogP contribution is -2.06. The number of aryl methyl sites for hydroxylation is 3. The largest absolute Gasteiger partial charge is 0.326 e. The fraction of sp³-hybridized carbons (Fsp3) is 0.235. The van der Waals surface area contributed by atoms with Crippen molar-refractivity contribution in [2.24, 2.45) is 0 Å². The Kier molecular flexibility index (Phi) is 3.41. The molecule has 5 nitrogen and oxygen atoms in total. The third kappa shape index (κ3) is 2.57. The number of fused-ring (bicyclic) bond motifs is 1. The first-order chi connectivity index (χ1) is 10.4. The Bertz CT molecular complexity index is 880. The zero-order chi connectivity index (χ0) is 15.9. The van der Waals surface area contributed by atoms with E-state index in [1.165, 1.54) is 6.92 Å². The Morgan fingerprint density at radius 3 is 2.45 bits per heavy atom. The molecule has 0 spiro atoms. The van der Waals surface area contributed by atoms with Crippen molar-refractivity contribution in [1.29, 1.82) is 0 Å². The summed E-state index contributed by atoms with van der Waals surface area (Å²) in [7, 11) is 0. The van der Waals surface area contributed by atoms with Crippen LogP contribution in [0.15, 0.2) is 24.3 Å². The highest BCUT2D eigenvalue weighted by atomic mass is 16.1. The Balaban J connectivity index is 2.18. The van der Waals surface area contributed by atoms with E-state index in [1.54, 1.807) is 0 Å². The number of H-pyrrole nitrogens is 1. The summed E-state index contributed by atoms with van der Waals surface area (Å²) in [5.41, 5.74) is 6.56. The van der Waals surface area contributed by atoms with Crippen molar-refractivity contribution in [3.8, 4) is 11.4 Å². The van der Waals surface area contributed by atoms with Crippen molar-refractivity contribution in [2.45, 2.75) is 27.7 Å². The average molecular weight is 294 g/mol. The molecule has 2 heterocycles. The monoisotopic (exact) mass is 294 g/mol. The van der Waals surface area contributed by atoms with E-state index in [2.05, 4.69) is 15.5 Å². The predicted octanol–water partition coefficient (Wildman–Crippen LogP) is 3.51. The molecule has 2 aromatic heterocycles. The highest BCUT2D eigenvalue weighted by molar-refractivity contribution is 5.95. The molecular formula is C17H18N4O. The highest BCUT2D eigenvalue weighted by Gasteiger charge is 2.11. The minimum atomic E-state index is -0.0759. The van der Waals surface area contributed by atoms with Gasteiger partial charge >= 0.3 is 0 Å². The van der Waals surface area contributed by atoms with E-state index in [4.69, 9.17) is 4.98 Å². The van der Waals surface area contributed by atoms with Crippen LogP contribution in [0.5, 0.6) is 0 Å². The smallest absolute Gasteiger partial charge is 0.221 e. The van der Waals surface area contributed by atoms with Crippen LogP contribution in [-0.4, -0.2) is 21.1 Å². The number of benzene rings is 1. The third-order valence-corrected chi connectivity index (χ3v) is 3.60. The van der Waals surface area contributed by atoms with E-state index in [0.717, 1.165) is 44.8 Å². The number of nitrogens with one attached hydrogen (secondary N) is 2. The highest BCUT2D eigenvalue weighted by Crippen LogP contribution is 2.28. The Morgan fingerprint density at radius 2 is 1.82 bits per heavy atom. The number of pyridine rings is 1. The molecule has 0 fully saturated rings. The van der Waals surface area contributed by atoms with Crippen LogP contribution in [0.1, 0.15) is 23.7 Å². The normalized spacial score (nSPS) is 10.9. The van der Waals surface area contributed by atoms with Gasteiger partial charge in [0.1, 0.15) is 5.69 Å². The molecule has 1 aromatic carbocycles. The van der Waals surface area contributed by atoms with Crippen molar-refractivity contribution >= 4 is 22.5 Å². The second kappa shape index (κ2) is 5.26. The lowest BCUT2D eigenvalue weighted by atomic mass is 10.0. The maximum absolute atomic E-state index is 11.2. The van der Waals surface area contributed by atoms with Gasteiger partial charge in [0.2, 0.25) is 5.91 Å². The number of hydrogen-bond donors (Lipinski definition) is 2. The van der Waals surface area contributed by atoms with Crippen LogP contribution in [0.25, 0.3) is 22.3 Å². The van der Waals surface area contributed by atoms with E-state index in [-0.39, 0.29) is 5.91 Å². The van der Waals surface area contributed by atoms with E-state index in [1.807, 2.05) is 45.0 Å². The first-order valence-corrected chi connectivity index (χ1v) is 7.16. The molecule has 112 valence electrons. The summed E-state index contributed by atoms with van der Waals surface area (Å²) in [6, 6.07) is 7.91. The summed E-state index contributed by atoms with van der Waals surface area (Å²) in [5, 5.41) is 11.1. The molecule has 5 heteroatoms. The van der Waals surface area contributed by atoms with Gasteiger partial charge in [-0.3, -0.25) is 9.89 Å². The second-order valence-corrected chi connectivity index (χ2v) is 5.63. The molecular weight excluding hydrogens is 276 g/mol. The molecule has 3 rings (SSSR count). The van der Waals surface area contributed by atoms with Crippen molar-refractivity contribution in [2.75, 3.05) is 5.32 Å². The Hall–Kier alpha value is -2.69. The Morgan fingerprint density at radius 1 is 1.05 bits per heavy atom. The van der Waals surface area contributed by atoms with Crippen LogP contribution >= 0.6 is 0 Å². The van der Waals surface area contributed by atoms with Crippen LogP contribution < -0.4 is 5.32 Å². The van der Waals surface area contributed by atoms with Crippen LogP contribution in [0, 0.1) is 20.8 Å². The standard InChI is InChI=1S/C17H18N4O/c1-9-6-15(16-7-11(3)20-21-16)19-17-10(2)5-13(8-14(9)17)18-12(4)22/h5-8H,1-4H3,(H,18,22)(H,20,21). The molecule has 0 saturated heterocycles. The fourth-order valence-electron chi connectivity index (χ4n) is 2.62. The lowest BCUT2D eigenvalue weighted by molar-refractivity contribution is -0.114. The van der Waals surface area contributed by atoms with Crippen molar-refractivity contribution in [3.05, 3.63) is 41.1 Å². The summed E-state index contributed by atoms with van der Waals surface area (Å²) < 4.78 is 0. The van der Waals surface area contributed by atoms with Gasteiger partial charge < -0.3 is 5.32 Å². The third-order valence-electron chi connectivity index (χ3n) is 3.60. The number of aromatic nitrogens is 3. The molecule has 3 aromatic rings. The number of amides is 1. The van der Waals surface area contributed by atoms with E-state index >= 15 is 0 Å². The number of nitrogens with zero attached hydrogens (tertiary/aromatic N) is 2. The van der Waals surface area contributed by atoms with E-state index in [0.29, 0.717) is 0 Å². The van der Waals surface area contributed by atoms with Crippen LogP contribution in [0.3, 0.4) is 0 Å². The van der Waals surface area contributed by atoms with Gasteiger partial charge in [0.15, 0.2) is 0 Å². The molecule has 0 unspecified atom stereocenters. The van der Waals surface area contributed by atoms with Gasteiger partial charge in [0.05, 0.1) is 11.2 Å². The maximum Gasteiger partial charge on any atom is 0.221 e. The molecule has 1 amide bonds. The van der Waals surface area contributed by atoms with Gasteiger partial charge in [0, 0.05) is 23.7 Å². The maximum atomic E-state index is 11.2. The predicted molar refractivity (Wildman–Crippen MR) is 87.8 cm³/mol. The van der Waals surface area contributed by atoms with Gasteiger partial charge in [0.25, 0.3) is 0 Å². The average Bonchev–Trinajstić information content (AvgIpc) is 2.86.